The van der Waals surface area contributed by atoms with Crippen molar-refractivity contribution >= 4 is 6.03 Å². The van der Waals surface area contributed by atoms with Crippen molar-refractivity contribution in [1.29, 1.82) is 0 Å². The highest BCUT2D eigenvalue weighted by molar-refractivity contribution is 5.75. The van der Waals surface area contributed by atoms with Gasteiger partial charge in [-0.05, 0) is 26.2 Å². The van der Waals surface area contributed by atoms with Gasteiger partial charge in [0.1, 0.15) is 0 Å². The number of carbonyl (C=O) groups is 1. The van der Waals surface area contributed by atoms with Crippen LogP contribution in [0, 0.1) is 5.41 Å². The van der Waals surface area contributed by atoms with Gasteiger partial charge >= 0.3 is 6.03 Å². The summed E-state index contributed by atoms with van der Waals surface area (Å²) >= 11 is 0. The highest BCUT2D eigenvalue weighted by atomic mass is 16.5. The van der Waals surface area contributed by atoms with Crippen molar-refractivity contribution in [3.8, 4) is 11.3 Å². The molecule has 1 N–H and O–H groups in total. The highest BCUT2D eigenvalue weighted by Gasteiger charge is 2.56. The summed E-state index contributed by atoms with van der Waals surface area (Å²) in [6, 6.07) is 11.2. The Bertz CT molecular complexity index is 1080. The van der Waals surface area contributed by atoms with E-state index in [-0.39, 0.29) is 24.2 Å². The average molecular weight is 467 g/mol. The third-order valence-corrected chi connectivity index (χ3v) is 8.10. The number of rotatable bonds is 3. The number of urea groups is 1. The molecule has 5 rings (SSSR count). The molecule has 2 unspecified atom stereocenters. The standard InChI is InChI=1S/C26H34N4O4/c1-20-16-34-14-13-30(20)24(32)28-12-11-26(33,25(17-28)9-5-6-10-25)18-29-19-27-22(15-23(29)31)21-7-3-2-4-8-21/h2-4,7-8,15,19-20,33H,5-6,9-14,16-18H2,1H3. The number of aliphatic hydroxyl groups is 1. The van der Waals surface area contributed by atoms with Crippen LogP contribution in [0.15, 0.2) is 47.5 Å². The Morgan fingerprint density at radius 3 is 2.65 bits per heavy atom. The van der Waals surface area contributed by atoms with Gasteiger partial charge in [0.2, 0.25) is 0 Å². The predicted octanol–water partition coefficient (Wildman–Crippen LogP) is 2.75. The maximum absolute atomic E-state index is 13.3. The Kier molecular flexibility index (Phi) is 6.20. The summed E-state index contributed by atoms with van der Waals surface area (Å²) in [6.45, 7) is 4.94. The molecular formula is C26H34N4O4. The van der Waals surface area contributed by atoms with E-state index in [9.17, 15) is 14.7 Å². The van der Waals surface area contributed by atoms with E-state index in [0.29, 0.717) is 45.0 Å². The molecule has 2 atom stereocenters. The summed E-state index contributed by atoms with van der Waals surface area (Å²) in [4.78, 5) is 34.6. The molecule has 1 spiro atoms. The molecule has 1 aliphatic carbocycles. The van der Waals surface area contributed by atoms with Crippen molar-refractivity contribution in [3.63, 3.8) is 0 Å². The Labute approximate surface area is 200 Å². The number of amides is 2. The number of aromatic nitrogens is 2. The fourth-order valence-electron chi connectivity index (χ4n) is 6.05. The lowest BCUT2D eigenvalue weighted by Gasteiger charge is -2.53. The monoisotopic (exact) mass is 466 g/mol. The number of morpholine rings is 1. The van der Waals surface area contributed by atoms with Crippen LogP contribution >= 0.6 is 0 Å². The van der Waals surface area contributed by atoms with Crippen LogP contribution in [0.4, 0.5) is 4.79 Å². The largest absolute Gasteiger partial charge is 0.387 e. The fourth-order valence-corrected chi connectivity index (χ4v) is 6.05. The minimum atomic E-state index is -1.06. The third kappa shape index (κ3) is 4.14. The molecule has 3 fully saturated rings. The third-order valence-electron chi connectivity index (χ3n) is 8.10. The molecule has 8 nitrogen and oxygen atoms in total. The summed E-state index contributed by atoms with van der Waals surface area (Å²) in [5.41, 5.74) is -0.118. The van der Waals surface area contributed by atoms with Gasteiger partial charge in [0.25, 0.3) is 5.56 Å². The summed E-state index contributed by atoms with van der Waals surface area (Å²) in [6.07, 6.45) is 5.77. The Morgan fingerprint density at radius 1 is 1.18 bits per heavy atom. The minimum absolute atomic E-state index is 0.0372. The first-order chi connectivity index (χ1) is 16.4. The average Bonchev–Trinajstić information content (AvgIpc) is 3.33. The zero-order valence-electron chi connectivity index (χ0n) is 19.9. The molecule has 1 aromatic carbocycles. The fraction of sp³-hybridized carbons (Fsp3) is 0.577. The number of benzene rings is 1. The van der Waals surface area contributed by atoms with Gasteiger partial charge in [-0.15, -0.1) is 0 Å². The van der Waals surface area contributed by atoms with Gasteiger partial charge in [-0.1, -0.05) is 43.2 Å². The molecule has 34 heavy (non-hydrogen) atoms. The number of hydrogen-bond donors (Lipinski definition) is 1. The van der Waals surface area contributed by atoms with Crippen molar-refractivity contribution in [2.75, 3.05) is 32.8 Å². The maximum Gasteiger partial charge on any atom is 0.320 e. The molecule has 182 valence electrons. The topological polar surface area (TPSA) is 87.9 Å². The van der Waals surface area contributed by atoms with Crippen molar-refractivity contribution < 1.29 is 14.6 Å². The van der Waals surface area contributed by atoms with E-state index >= 15 is 0 Å². The van der Waals surface area contributed by atoms with E-state index in [4.69, 9.17) is 4.74 Å². The van der Waals surface area contributed by atoms with Crippen LogP contribution in [0.5, 0.6) is 0 Å². The van der Waals surface area contributed by atoms with Crippen LogP contribution in [0.2, 0.25) is 0 Å². The number of carbonyl (C=O) groups excluding carboxylic acids is 1. The Hall–Kier alpha value is -2.71. The van der Waals surface area contributed by atoms with Gasteiger partial charge in [0.15, 0.2) is 0 Å². The zero-order chi connectivity index (χ0) is 23.8. The number of nitrogens with zero attached hydrogens (tertiary/aromatic N) is 4. The lowest BCUT2D eigenvalue weighted by Crippen LogP contribution is -2.64. The summed E-state index contributed by atoms with van der Waals surface area (Å²) in [5.74, 6) is 0. The van der Waals surface area contributed by atoms with E-state index in [1.807, 2.05) is 47.1 Å². The zero-order valence-corrected chi connectivity index (χ0v) is 19.9. The maximum atomic E-state index is 13.3. The summed E-state index contributed by atoms with van der Waals surface area (Å²) in [5, 5.41) is 12.0. The smallest absolute Gasteiger partial charge is 0.320 e. The second-order valence-corrected chi connectivity index (χ2v) is 10.2. The lowest BCUT2D eigenvalue weighted by atomic mass is 9.66. The normalized spacial score (nSPS) is 26.7. The molecule has 2 aromatic rings. The van der Waals surface area contributed by atoms with Crippen molar-refractivity contribution in [2.24, 2.45) is 5.41 Å². The van der Waals surface area contributed by atoms with E-state index in [1.54, 1.807) is 12.4 Å². The van der Waals surface area contributed by atoms with Crippen molar-refractivity contribution in [2.45, 2.75) is 57.2 Å². The Balaban J connectivity index is 1.37. The van der Waals surface area contributed by atoms with E-state index < -0.39 is 11.0 Å². The number of piperidine rings is 1. The van der Waals surface area contributed by atoms with E-state index in [0.717, 1.165) is 31.2 Å². The molecular weight excluding hydrogens is 432 g/mol. The molecule has 2 saturated heterocycles. The second kappa shape index (κ2) is 9.15. The van der Waals surface area contributed by atoms with Crippen LogP contribution in [0.25, 0.3) is 11.3 Å². The molecule has 1 aromatic heterocycles. The molecule has 0 radical (unpaired) electrons. The van der Waals surface area contributed by atoms with Crippen LogP contribution in [-0.4, -0.2) is 75.0 Å². The number of hydrogen-bond acceptors (Lipinski definition) is 5. The molecule has 1 saturated carbocycles. The minimum Gasteiger partial charge on any atom is -0.387 e. The van der Waals surface area contributed by atoms with E-state index in [2.05, 4.69) is 4.98 Å². The molecule has 3 aliphatic rings. The lowest BCUT2D eigenvalue weighted by molar-refractivity contribution is -0.137. The van der Waals surface area contributed by atoms with Gasteiger partial charge in [-0.2, -0.15) is 0 Å². The molecule has 8 heteroatoms. The molecule has 0 bridgehead atoms. The highest BCUT2D eigenvalue weighted by Crippen LogP contribution is 2.51. The molecule has 2 aliphatic heterocycles. The Morgan fingerprint density at radius 2 is 1.94 bits per heavy atom. The van der Waals surface area contributed by atoms with Gasteiger partial charge in [0.05, 0.1) is 43.4 Å². The predicted molar refractivity (Wildman–Crippen MR) is 128 cm³/mol. The van der Waals surface area contributed by atoms with Gasteiger partial charge in [-0.25, -0.2) is 9.78 Å². The van der Waals surface area contributed by atoms with E-state index in [1.165, 1.54) is 4.57 Å². The first-order valence-corrected chi connectivity index (χ1v) is 12.4. The van der Waals surface area contributed by atoms with Crippen molar-refractivity contribution in [1.82, 2.24) is 19.4 Å². The summed E-state index contributed by atoms with van der Waals surface area (Å²) < 4.78 is 7.04. The molecule has 2 amide bonds. The van der Waals surface area contributed by atoms with Crippen molar-refractivity contribution in [3.05, 3.63) is 53.1 Å². The van der Waals surface area contributed by atoms with Crippen LogP contribution in [-0.2, 0) is 11.3 Å². The van der Waals surface area contributed by atoms with Gasteiger partial charge in [-0.3, -0.25) is 9.36 Å². The SMILES string of the molecule is CC1COCCN1C(=O)N1CCC(O)(Cn2cnc(-c3ccccc3)cc2=O)C2(CCCC2)C1. The number of ether oxygens (including phenoxy) is 1. The van der Waals surface area contributed by atoms with Gasteiger partial charge in [0, 0.05) is 36.7 Å². The first kappa shape index (κ1) is 23.1. The van der Waals surface area contributed by atoms with Crippen LogP contribution in [0.3, 0.4) is 0 Å². The quantitative estimate of drug-likeness (QED) is 0.752. The first-order valence-electron chi connectivity index (χ1n) is 12.4. The van der Waals surface area contributed by atoms with Gasteiger partial charge < -0.3 is 19.6 Å². The molecule has 3 heterocycles. The second-order valence-electron chi connectivity index (χ2n) is 10.2. The number of likely N-dealkylation sites (tertiary alicyclic amines) is 1. The summed E-state index contributed by atoms with van der Waals surface area (Å²) in [7, 11) is 0. The van der Waals surface area contributed by atoms with Crippen LogP contribution < -0.4 is 5.56 Å². The van der Waals surface area contributed by atoms with Crippen LogP contribution in [0.1, 0.15) is 39.0 Å².